The molecule has 0 aliphatic rings. The Morgan fingerprint density at radius 1 is 0.769 bits per heavy atom. The number of amides is 1. The van der Waals surface area contributed by atoms with Crippen LogP contribution in [0.15, 0.2) is 0 Å². The predicted octanol–water partition coefficient (Wildman–Crippen LogP) is 7.00. The lowest BCUT2D eigenvalue weighted by atomic mass is 10.0. The van der Waals surface area contributed by atoms with E-state index in [9.17, 15) is 4.79 Å². The van der Waals surface area contributed by atoms with E-state index < -0.39 is 0 Å². The molecule has 0 aliphatic heterocycles. The number of alkyl carbamates (subject to hydrolysis) is 1. The molecule has 1 amide bonds. The Hall–Kier alpha value is -1.17. The Morgan fingerprint density at radius 3 is 1.62 bits per heavy atom. The van der Waals surface area contributed by atoms with Gasteiger partial charge in [0.15, 0.2) is 0 Å². The van der Waals surface area contributed by atoms with Crippen LogP contribution >= 0.6 is 0 Å². The Kier molecular flexibility index (Phi) is 20.9. The molecule has 0 aromatic rings. The zero-order chi connectivity index (χ0) is 19.1. The van der Waals surface area contributed by atoms with Gasteiger partial charge < -0.3 is 10.1 Å². The summed E-state index contributed by atoms with van der Waals surface area (Å²) < 4.78 is 4.92. The van der Waals surface area contributed by atoms with Gasteiger partial charge in [0.2, 0.25) is 0 Å². The summed E-state index contributed by atoms with van der Waals surface area (Å²) >= 11 is 0. The van der Waals surface area contributed by atoms with E-state index >= 15 is 0 Å². The minimum Gasteiger partial charge on any atom is -0.449 e. The van der Waals surface area contributed by atoms with Gasteiger partial charge in [-0.2, -0.15) is 0 Å². The molecule has 0 saturated heterocycles. The summed E-state index contributed by atoms with van der Waals surface area (Å²) in [4.78, 5) is 11.3. The summed E-state index contributed by atoms with van der Waals surface area (Å²) in [5, 5.41) is 2.76. The van der Waals surface area contributed by atoms with E-state index in [1.165, 1.54) is 96.3 Å². The molecule has 0 aliphatic carbocycles. The molecule has 0 spiro atoms. The van der Waals surface area contributed by atoms with Gasteiger partial charge >= 0.3 is 6.09 Å². The molecule has 3 heteroatoms. The van der Waals surface area contributed by atoms with Crippen molar-refractivity contribution in [2.24, 2.45) is 0 Å². The summed E-state index contributed by atoms with van der Waals surface area (Å²) in [6.07, 6.45) is 27.0. The highest BCUT2D eigenvalue weighted by Crippen LogP contribution is 2.13. The van der Waals surface area contributed by atoms with Crippen molar-refractivity contribution in [2.75, 3.05) is 13.2 Å². The molecule has 0 atom stereocenters. The van der Waals surface area contributed by atoms with E-state index in [0.717, 1.165) is 6.42 Å². The van der Waals surface area contributed by atoms with Gasteiger partial charge in [0.1, 0.15) is 6.61 Å². The number of carbonyl (C=O) groups is 1. The van der Waals surface area contributed by atoms with Crippen LogP contribution in [0.2, 0.25) is 0 Å². The zero-order valence-corrected chi connectivity index (χ0v) is 17.3. The quantitative estimate of drug-likeness (QED) is 0.198. The number of hydrogen-bond donors (Lipinski definition) is 1. The third-order valence-corrected chi connectivity index (χ3v) is 4.78. The number of nitrogens with one attached hydrogen (secondary N) is 1. The van der Waals surface area contributed by atoms with E-state index in [2.05, 4.69) is 18.2 Å². The Morgan fingerprint density at radius 2 is 1.19 bits per heavy atom. The van der Waals surface area contributed by atoms with Gasteiger partial charge in [-0.3, -0.25) is 0 Å². The van der Waals surface area contributed by atoms with Gasteiger partial charge in [-0.05, 0) is 6.42 Å². The first-order valence-electron chi connectivity index (χ1n) is 11.1. The average Bonchev–Trinajstić information content (AvgIpc) is 2.64. The second-order valence-electron chi connectivity index (χ2n) is 7.32. The summed E-state index contributed by atoms with van der Waals surface area (Å²) in [5.74, 6) is 2.44. The van der Waals surface area contributed by atoms with Crippen LogP contribution in [0.1, 0.15) is 116 Å². The lowest BCUT2D eigenvalue weighted by Crippen LogP contribution is -2.25. The summed E-state index contributed by atoms with van der Waals surface area (Å²) in [6.45, 7) is 3.29. The third-order valence-electron chi connectivity index (χ3n) is 4.78. The Labute approximate surface area is 163 Å². The van der Waals surface area contributed by atoms with E-state index in [0.29, 0.717) is 19.6 Å². The van der Waals surface area contributed by atoms with Crippen LogP contribution in [-0.4, -0.2) is 19.2 Å². The minimum absolute atomic E-state index is 0.307. The molecule has 0 heterocycles. The first-order valence-corrected chi connectivity index (χ1v) is 11.1. The molecule has 0 saturated carbocycles. The molecule has 0 aromatic carbocycles. The molecule has 0 aromatic heterocycles. The highest BCUT2D eigenvalue weighted by molar-refractivity contribution is 5.66. The molecule has 0 unspecified atom stereocenters. The SMILES string of the molecule is C#CCCOC(=O)NCCCCCCCCCCCCCCCCCC. The van der Waals surface area contributed by atoms with Crippen molar-refractivity contribution in [1.82, 2.24) is 5.32 Å². The number of terminal acetylenes is 1. The van der Waals surface area contributed by atoms with Crippen molar-refractivity contribution in [3.63, 3.8) is 0 Å². The van der Waals surface area contributed by atoms with Gasteiger partial charge in [0.05, 0.1) is 0 Å². The lowest BCUT2D eigenvalue weighted by Gasteiger charge is -2.06. The van der Waals surface area contributed by atoms with Gasteiger partial charge in [-0.15, -0.1) is 12.3 Å². The maximum Gasteiger partial charge on any atom is 0.407 e. The van der Waals surface area contributed by atoms with Crippen molar-refractivity contribution in [3.05, 3.63) is 0 Å². The fourth-order valence-corrected chi connectivity index (χ4v) is 3.12. The largest absolute Gasteiger partial charge is 0.449 e. The average molecular weight is 366 g/mol. The standard InChI is InChI=1S/C23H43NO2/c1-3-5-7-8-9-10-11-12-13-14-15-16-17-18-19-20-21-24-23(25)26-22-6-4-2/h2H,3,5-22H2,1H3,(H,24,25). The first kappa shape index (κ1) is 24.8. The van der Waals surface area contributed by atoms with Crippen molar-refractivity contribution in [2.45, 2.75) is 116 Å². The Bertz CT molecular complexity index is 336. The summed E-state index contributed by atoms with van der Waals surface area (Å²) in [7, 11) is 0. The second kappa shape index (κ2) is 21.9. The normalized spacial score (nSPS) is 10.5. The van der Waals surface area contributed by atoms with Crippen LogP contribution in [0.3, 0.4) is 0 Å². The van der Waals surface area contributed by atoms with Crippen molar-refractivity contribution < 1.29 is 9.53 Å². The molecule has 1 N–H and O–H groups in total. The molecule has 0 rings (SSSR count). The smallest absolute Gasteiger partial charge is 0.407 e. The minimum atomic E-state index is -0.346. The fourth-order valence-electron chi connectivity index (χ4n) is 3.12. The molecule has 152 valence electrons. The number of carbonyl (C=O) groups excluding carboxylic acids is 1. The van der Waals surface area contributed by atoms with Gasteiger partial charge in [0.25, 0.3) is 0 Å². The van der Waals surface area contributed by atoms with Crippen LogP contribution in [-0.2, 0) is 4.74 Å². The number of unbranched alkanes of at least 4 members (excludes halogenated alkanes) is 15. The van der Waals surface area contributed by atoms with Crippen LogP contribution in [0.4, 0.5) is 4.79 Å². The molecule has 26 heavy (non-hydrogen) atoms. The van der Waals surface area contributed by atoms with Crippen molar-refractivity contribution >= 4 is 6.09 Å². The van der Waals surface area contributed by atoms with Gasteiger partial charge in [-0.1, -0.05) is 103 Å². The van der Waals surface area contributed by atoms with Crippen LogP contribution in [0.5, 0.6) is 0 Å². The maximum atomic E-state index is 11.3. The number of hydrogen-bond acceptors (Lipinski definition) is 2. The first-order chi connectivity index (χ1) is 12.8. The predicted molar refractivity (Wildman–Crippen MR) is 112 cm³/mol. The molecule has 0 fully saturated rings. The van der Waals surface area contributed by atoms with E-state index in [4.69, 9.17) is 11.2 Å². The number of rotatable bonds is 19. The van der Waals surface area contributed by atoms with Crippen molar-refractivity contribution in [3.8, 4) is 12.3 Å². The van der Waals surface area contributed by atoms with Crippen LogP contribution < -0.4 is 5.32 Å². The highest BCUT2D eigenvalue weighted by Gasteiger charge is 1.99. The highest BCUT2D eigenvalue weighted by atomic mass is 16.5. The topological polar surface area (TPSA) is 38.3 Å². The van der Waals surface area contributed by atoms with Crippen LogP contribution in [0, 0.1) is 12.3 Å². The van der Waals surface area contributed by atoms with Gasteiger partial charge in [-0.25, -0.2) is 4.79 Å². The summed E-state index contributed by atoms with van der Waals surface area (Å²) in [6, 6.07) is 0. The monoisotopic (exact) mass is 365 g/mol. The molecular formula is C23H43NO2. The van der Waals surface area contributed by atoms with Gasteiger partial charge in [0, 0.05) is 13.0 Å². The zero-order valence-electron chi connectivity index (χ0n) is 17.3. The molecule has 0 radical (unpaired) electrons. The van der Waals surface area contributed by atoms with Crippen LogP contribution in [0.25, 0.3) is 0 Å². The lowest BCUT2D eigenvalue weighted by molar-refractivity contribution is 0.148. The van der Waals surface area contributed by atoms with E-state index in [-0.39, 0.29) is 6.09 Å². The molecule has 0 bridgehead atoms. The molecule has 3 nitrogen and oxygen atoms in total. The fraction of sp³-hybridized carbons (Fsp3) is 0.870. The van der Waals surface area contributed by atoms with E-state index in [1.807, 2.05) is 0 Å². The summed E-state index contributed by atoms with van der Waals surface area (Å²) in [5.41, 5.74) is 0. The van der Waals surface area contributed by atoms with E-state index in [1.54, 1.807) is 0 Å². The molecular weight excluding hydrogens is 322 g/mol. The third kappa shape index (κ3) is 20.9. The second-order valence-corrected chi connectivity index (χ2v) is 7.32. The Balaban J connectivity index is 3.07. The van der Waals surface area contributed by atoms with Crippen molar-refractivity contribution in [1.29, 1.82) is 0 Å². The number of ether oxygens (including phenoxy) is 1. The maximum absolute atomic E-state index is 11.3.